The summed E-state index contributed by atoms with van der Waals surface area (Å²) in [5.41, 5.74) is 0.795. The maximum Gasteiger partial charge on any atom is 0.334 e. The normalized spacial score (nSPS) is 20.0. The van der Waals surface area contributed by atoms with Crippen molar-refractivity contribution in [3.05, 3.63) is 21.8 Å². The molecule has 3 nitrogen and oxygen atoms in total. The van der Waals surface area contributed by atoms with Crippen LogP contribution in [0.1, 0.15) is 66.2 Å². The zero-order chi connectivity index (χ0) is 19.1. The summed E-state index contributed by atoms with van der Waals surface area (Å²) in [7, 11) is -1.85. The van der Waals surface area contributed by atoms with E-state index in [9.17, 15) is 4.79 Å². The van der Waals surface area contributed by atoms with Gasteiger partial charge in [0, 0.05) is 18.1 Å². The summed E-state index contributed by atoms with van der Waals surface area (Å²) in [6.45, 7) is 13.3. The average Bonchev–Trinajstić information content (AvgIpc) is 2.78. The van der Waals surface area contributed by atoms with Gasteiger partial charge in [-0.15, -0.1) is 0 Å². The summed E-state index contributed by atoms with van der Waals surface area (Å²) in [5.74, 6) is -0.163. The molecule has 1 aliphatic rings. The Hall–Kier alpha value is -0.143. The van der Waals surface area contributed by atoms with E-state index in [-0.39, 0.29) is 23.2 Å². The van der Waals surface area contributed by atoms with E-state index < -0.39 is 8.32 Å². The molecule has 0 spiro atoms. The highest BCUT2D eigenvalue weighted by atomic mass is 127. The third-order valence-corrected chi connectivity index (χ3v) is 10.2. The first-order valence-electron chi connectivity index (χ1n) is 9.41. The lowest BCUT2D eigenvalue weighted by Crippen LogP contribution is -2.44. The molecule has 25 heavy (non-hydrogen) atoms. The van der Waals surface area contributed by atoms with Gasteiger partial charge in [-0.2, -0.15) is 0 Å². The Bertz CT molecular complexity index is 492. The molecular weight excluding hydrogens is 443 g/mol. The topological polar surface area (TPSA) is 35.5 Å². The molecule has 0 radical (unpaired) electrons. The first kappa shape index (κ1) is 22.9. The smallest absolute Gasteiger partial charge is 0.334 e. The number of cyclic esters (lactones) is 1. The van der Waals surface area contributed by atoms with Gasteiger partial charge in [-0.1, -0.05) is 62.3 Å². The Balaban J connectivity index is 2.66. The lowest BCUT2D eigenvalue weighted by molar-refractivity contribution is -0.139. The van der Waals surface area contributed by atoms with Crippen LogP contribution in [0.2, 0.25) is 18.1 Å². The predicted octanol–water partition coefficient (Wildman–Crippen LogP) is 6.54. The van der Waals surface area contributed by atoms with Gasteiger partial charge in [0.05, 0.1) is 0 Å². The van der Waals surface area contributed by atoms with Gasteiger partial charge in [0.15, 0.2) is 8.32 Å². The lowest BCUT2D eigenvalue weighted by atomic mass is 10.0. The highest BCUT2D eigenvalue weighted by Gasteiger charge is 2.39. The molecule has 0 fully saturated rings. The Morgan fingerprint density at radius 1 is 1.32 bits per heavy atom. The van der Waals surface area contributed by atoms with Crippen molar-refractivity contribution in [3.63, 3.8) is 0 Å². The lowest BCUT2D eigenvalue weighted by Gasteiger charge is -2.39. The second kappa shape index (κ2) is 10.3. The SMILES string of the molecule is C[C@H]1C=C(C[C@@H](CCCCC/C=C/I)O[Si](C)(C)C(C)(C)C)C(=O)O1. The molecule has 2 atom stereocenters. The van der Waals surface area contributed by atoms with Gasteiger partial charge >= 0.3 is 5.97 Å². The molecule has 1 rings (SSSR count). The summed E-state index contributed by atoms with van der Waals surface area (Å²) < 4.78 is 14.0. The molecule has 0 aromatic rings. The fraction of sp³-hybridized carbons (Fsp3) is 0.750. The molecular formula is C20H35IO3Si. The highest BCUT2D eigenvalue weighted by Crippen LogP contribution is 2.38. The van der Waals surface area contributed by atoms with E-state index in [0.717, 1.165) is 24.8 Å². The molecule has 0 amide bonds. The molecule has 0 bridgehead atoms. The number of ether oxygens (including phenoxy) is 1. The Morgan fingerprint density at radius 2 is 2.00 bits per heavy atom. The molecule has 0 N–H and O–H groups in total. The summed E-state index contributed by atoms with van der Waals surface area (Å²) in [4.78, 5) is 12.0. The van der Waals surface area contributed by atoms with Gasteiger partial charge in [0.25, 0.3) is 0 Å². The van der Waals surface area contributed by atoms with Crippen LogP contribution in [0.5, 0.6) is 0 Å². The van der Waals surface area contributed by atoms with Crippen molar-refractivity contribution in [2.24, 2.45) is 0 Å². The van der Waals surface area contributed by atoms with E-state index in [0.29, 0.717) is 6.42 Å². The number of allylic oxidation sites excluding steroid dienone is 1. The van der Waals surface area contributed by atoms with E-state index in [2.05, 4.69) is 66.6 Å². The van der Waals surface area contributed by atoms with Crippen LogP contribution in [0.4, 0.5) is 0 Å². The van der Waals surface area contributed by atoms with Crippen molar-refractivity contribution in [1.29, 1.82) is 0 Å². The van der Waals surface area contributed by atoms with Gasteiger partial charge in [-0.05, 0) is 54.5 Å². The summed E-state index contributed by atoms with van der Waals surface area (Å²) in [6, 6.07) is 0. The molecule has 1 aliphatic heterocycles. The average molecular weight is 478 g/mol. The number of carbonyl (C=O) groups excluding carboxylic acids is 1. The van der Waals surface area contributed by atoms with Crippen LogP contribution in [0.25, 0.3) is 0 Å². The predicted molar refractivity (Wildman–Crippen MR) is 117 cm³/mol. The van der Waals surface area contributed by atoms with Crippen LogP contribution in [-0.4, -0.2) is 26.5 Å². The standard InChI is InChI=1S/C20H35IO3Si/c1-16-14-17(19(22)23-16)15-18(12-10-8-7-9-11-13-21)24-25(5,6)20(2,3)4/h11,13-14,16,18H,7-10,12,15H2,1-6H3/b13-11+/t16-,18+/m0/s1. The van der Waals surface area contributed by atoms with E-state index in [1.54, 1.807) is 0 Å². The van der Waals surface area contributed by atoms with Crippen molar-refractivity contribution >= 4 is 36.9 Å². The fourth-order valence-electron chi connectivity index (χ4n) is 2.70. The van der Waals surface area contributed by atoms with Gasteiger partial charge < -0.3 is 9.16 Å². The minimum atomic E-state index is -1.85. The van der Waals surface area contributed by atoms with Gasteiger partial charge in [0.2, 0.25) is 0 Å². The molecule has 1 heterocycles. The largest absolute Gasteiger partial charge is 0.455 e. The Kier molecular flexibility index (Phi) is 9.40. The Labute approximate surface area is 168 Å². The maximum absolute atomic E-state index is 12.0. The summed E-state index contributed by atoms with van der Waals surface area (Å²) >= 11 is 2.27. The van der Waals surface area contributed by atoms with E-state index in [4.69, 9.17) is 9.16 Å². The minimum Gasteiger partial charge on any atom is -0.455 e. The zero-order valence-electron chi connectivity index (χ0n) is 16.7. The molecule has 0 aromatic heterocycles. The van der Waals surface area contributed by atoms with E-state index in [1.807, 2.05) is 13.0 Å². The molecule has 0 aromatic carbocycles. The third-order valence-electron chi connectivity index (χ3n) is 5.19. The van der Waals surface area contributed by atoms with E-state index in [1.165, 1.54) is 12.8 Å². The number of esters is 1. The number of carbonyl (C=O) groups is 1. The van der Waals surface area contributed by atoms with Gasteiger partial charge in [0.1, 0.15) is 6.10 Å². The highest BCUT2D eigenvalue weighted by molar-refractivity contribution is 14.1. The van der Waals surface area contributed by atoms with Gasteiger partial charge in [-0.3, -0.25) is 0 Å². The quantitative estimate of drug-likeness (QED) is 0.155. The molecule has 0 saturated heterocycles. The summed E-state index contributed by atoms with van der Waals surface area (Å²) in [6.07, 6.45) is 10.6. The van der Waals surface area contributed by atoms with E-state index >= 15 is 0 Å². The molecule has 0 saturated carbocycles. The van der Waals surface area contributed by atoms with Crippen LogP contribution < -0.4 is 0 Å². The number of halogens is 1. The van der Waals surface area contributed by atoms with Crippen LogP contribution in [-0.2, 0) is 14.0 Å². The van der Waals surface area contributed by atoms with Crippen LogP contribution in [0.3, 0.4) is 0 Å². The second-order valence-corrected chi connectivity index (χ2v) is 14.0. The zero-order valence-corrected chi connectivity index (χ0v) is 19.9. The number of hydrogen-bond donors (Lipinski definition) is 0. The third kappa shape index (κ3) is 7.95. The molecule has 0 unspecified atom stereocenters. The second-order valence-electron chi connectivity index (χ2n) is 8.51. The van der Waals surface area contributed by atoms with Crippen molar-refractivity contribution in [1.82, 2.24) is 0 Å². The first-order chi connectivity index (χ1) is 11.6. The van der Waals surface area contributed by atoms with Crippen molar-refractivity contribution in [3.8, 4) is 0 Å². The maximum atomic E-state index is 12.0. The van der Waals surface area contributed by atoms with Gasteiger partial charge in [-0.25, -0.2) is 4.79 Å². The van der Waals surface area contributed by atoms with Crippen LogP contribution >= 0.6 is 22.6 Å². The minimum absolute atomic E-state index is 0.101. The molecule has 144 valence electrons. The first-order valence-corrected chi connectivity index (χ1v) is 13.6. The number of rotatable bonds is 10. The van der Waals surface area contributed by atoms with Crippen molar-refractivity contribution in [2.75, 3.05) is 0 Å². The van der Waals surface area contributed by atoms with Crippen LogP contribution in [0.15, 0.2) is 21.8 Å². The fourth-order valence-corrected chi connectivity index (χ4v) is 4.44. The number of unbranched alkanes of at least 4 members (excludes halogenated alkanes) is 3. The molecule has 0 aliphatic carbocycles. The monoisotopic (exact) mass is 478 g/mol. The number of hydrogen-bond acceptors (Lipinski definition) is 3. The molecule has 5 heteroatoms. The van der Waals surface area contributed by atoms with Crippen molar-refractivity contribution < 1.29 is 14.0 Å². The van der Waals surface area contributed by atoms with Crippen molar-refractivity contribution in [2.45, 2.75) is 96.6 Å². The Morgan fingerprint density at radius 3 is 2.52 bits per heavy atom. The van der Waals surface area contributed by atoms with Crippen LogP contribution in [0, 0.1) is 0 Å². The summed E-state index contributed by atoms with van der Waals surface area (Å²) in [5, 5.41) is 0.175.